The van der Waals surface area contributed by atoms with Crippen molar-refractivity contribution in [1.29, 1.82) is 0 Å². The molecule has 0 saturated carbocycles. The Morgan fingerprint density at radius 1 is 1.17 bits per heavy atom. The predicted molar refractivity (Wildman–Crippen MR) is 114 cm³/mol. The van der Waals surface area contributed by atoms with E-state index in [1.165, 1.54) is 23.5 Å². The molecule has 156 valence electrons. The molecule has 0 unspecified atom stereocenters. The third-order valence-corrected chi connectivity index (χ3v) is 7.30. The minimum absolute atomic E-state index is 0.00195. The van der Waals surface area contributed by atoms with Crippen LogP contribution in [0.5, 0.6) is 5.75 Å². The summed E-state index contributed by atoms with van der Waals surface area (Å²) in [6, 6.07) is 9.67. The standard InChI is InChI=1S/C20H22Cl2N2O4S/c1-13-10-15(21)5-7-17(13)23-20(25)14-4-3-9-24(12-14)29(26,27)19-11-16(22)6-8-18(19)28-2/h5-8,10-11,14H,3-4,9,12H2,1-2H3,(H,23,25)/t14-/m1/s1. The number of nitrogens with zero attached hydrogens (tertiary/aromatic N) is 1. The van der Waals surface area contributed by atoms with Gasteiger partial charge in [0.15, 0.2) is 0 Å². The average molecular weight is 457 g/mol. The fourth-order valence-corrected chi connectivity index (χ4v) is 5.54. The van der Waals surface area contributed by atoms with Crippen LogP contribution in [0.1, 0.15) is 18.4 Å². The van der Waals surface area contributed by atoms with Gasteiger partial charge in [-0.2, -0.15) is 4.31 Å². The number of aryl methyl sites for hydroxylation is 1. The summed E-state index contributed by atoms with van der Waals surface area (Å²) in [5.41, 5.74) is 1.51. The minimum atomic E-state index is -3.85. The highest BCUT2D eigenvalue weighted by Crippen LogP contribution is 2.32. The van der Waals surface area contributed by atoms with Crippen LogP contribution in [0.4, 0.5) is 5.69 Å². The highest BCUT2D eigenvalue weighted by atomic mass is 35.5. The van der Waals surface area contributed by atoms with E-state index in [-0.39, 0.29) is 23.1 Å². The molecule has 9 heteroatoms. The first-order chi connectivity index (χ1) is 13.7. The third-order valence-electron chi connectivity index (χ3n) is 4.94. The summed E-state index contributed by atoms with van der Waals surface area (Å²) in [5.74, 6) is -0.454. The van der Waals surface area contributed by atoms with Crippen LogP contribution >= 0.6 is 23.2 Å². The van der Waals surface area contributed by atoms with Crippen molar-refractivity contribution in [3.63, 3.8) is 0 Å². The average Bonchev–Trinajstić information content (AvgIpc) is 2.70. The van der Waals surface area contributed by atoms with Gasteiger partial charge in [0.2, 0.25) is 15.9 Å². The van der Waals surface area contributed by atoms with E-state index in [4.69, 9.17) is 27.9 Å². The van der Waals surface area contributed by atoms with Gasteiger partial charge in [0.1, 0.15) is 10.6 Å². The number of hydrogen-bond acceptors (Lipinski definition) is 4. The van der Waals surface area contributed by atoms with Crippen LogP contribution in [0.3, 0.4) is 0 Å². The van der Waals surface area contributed by atoms with Gasteiger partial charge >= 0.3 is 0 Å². The first kappa shape index (κ1) is 21.9. The SMILES string of the molecule is COc1ccc(Cl)cc1S(=O)(=O)N1CCC[C@@H](C(=O)Nc2ccc(Cl)cc2C)C1. The van der Waals surface area contributed by atoms with Gasteiger partial charge in [-0.1, -0.05) is 23.2 Å². The van der Waals surface area contributed by atoms with Crippen LogP contribution in [-0.4, -0.2) is 38.8 Å². The number of anilines is 1. The van der Waals surface area contributed by atoms with Crippen molar-refractivity contribution >= 4 is 44.8 Å². The van der Waals surface area contributed by atoms with Crippen molar-refractivity contribution in [3.05, 3.63) is 52.0 Å². The van der Waals surface area contributed by atoms with Gasteiger partial charge in [-0.05, 0) is 61.7 Å². The summed E-state index contributed by atoms with van der Waals surface area (Å²) in [7, 11) is -2.45. The molecule has 0 spiro atoms. The van der Waals surface area contributed by atoms with Crippen LogP contribution in [0, 0.1) is 12.8 Å². The molecule has 0 radical (unpaired) electrons. The van der Waals surface area contributed by atoms with E-state index in [0.717, 1.165) is 5.56 Å². The van der Waals surface area contributed by atoms with Crippen LogP contribution in [-0.2, 0) is 14.8 Å². The van der Waals surface area contributed by atoms with Gasteiger partial charge in [-0.3, -0.25) is 4.79 Å². The van der Waals surface area contributed by atoms with Crippen molar-refractivity contribution in [2.24, 2.45) is 5.92 Å². The van der Waals surface area contributed by atoms with Gasteiger partial charge < -0.3 is 10.1 Å². The normalized spacial score (nSPS) is 17.7. The molecule has 0 aliphatic carbocycles. The van der Waals surface area contributed by atoms with Gasteiger partial charge in [-0.25, -0.2) is 8.42 Å². The van der Waals surface area contributed by atoms with Crippen LogP contribution in [0.25, 0.3) is 0 Å². The maximum atomic E-state index is 13.2. The molecule has 1 aliphatic heterocycles. The number of rotatable bonds is 5. The van der Waals surface area contributed by atoms with Crippen molar-refractivity contribution in [2.45, 2.75) is 24.7 Å². The summed E-state index contributed by atoms with van der Waals surface area (Å²) in [4.78, 5) is 12.8. The lowest BCUT2D eigenvalue weighted by molar-refractivity contribution is -0.120. The number of halogens is 2. The van der Waals surface area contributed by atoms with E-state index in [1.54, 1.807) is 24.3 Å². The van der Waals surface area contributed by atoms with Gasteiger partial charge in [-0.15, -0.1) is 0 Å². The second-order valence-corrected chi connectivity index (χ2v) is 9.73. The molecule has 1 heterocycles. The zero-order valence-corrected chi connectivity index (χ0v) is 18.4. The number of carbonyl (C=O) groups excluding carboxylic acids is 1. The molecule has 1 N–H and O–H groups in total. The molecular weight excluding hydrogens is 435 g/mol. The Hall–Kier alpha value is -1.80. The lowest BCUT2D eigenvalue weighted by Crippen LogP contribution is -2.43. The number of carbonyl (C=O) groups is 1. The molecule has 0 aromatic heterocycles. The van der Waals surface area contributed by atoms with Crippen LogP contribution < -0.4 is 10.1 Å². The Kier molecular flexibility index (Phi) is 6.73. The lowest BCUT2D eigenvalue weighted by Gasteiger charge is -2.31. The van der Waals surface area contributed by atoms with E-state index >= 15 is 0 Å². The fraction of sp³-hybridized carbons (Fsp3) is 0.350. The summed E-state index contributed by atoms with van der Waals surface area (Å²) in [6.07, 6.45) is 1.19. The smallest absolute Gasteiger partial charge is 0.246 e. The Labute approximate surface area is 180 Å². The maximum absolute atomic E-state index is 13.2. The highest BCUT2D eigenvalue weighted by molar-refractivity contribution is 7.89. The van der Waals surface area contributed by atoms with Gasteiger partial charge in [0, 0.05) is 28.8 Å². The van der Waals surface area contributed by atoms with Crippen molar-refractivity contribution < 1.29 is 17.9 Å². The predicted octanol–water partition coefficient (Wildman–Crippen LogP) is 4.35. The highest BCUT2D eigenvalue weighted by Gasteiger charge is 2.35. The number of sulfonamides is 1. The third kappa shape index (κ3) is 4.86. The number of ether oxygens (including phenoxy) is 1. The molecule has 2 aromatic rings. The van der Waals surface area contributed by atoms with E-state index < -0.39 is 15.9 Å². The van der Waals surface area contributed by atoms with E-state index in [1.807, 2.05) is 6.92 Å². The van der Waals surface area contributed by atoms with Crippen molar-refractivity contribution in [2.75, 3.05) is 25.5 Å². The van der Waals surface area contributed by atoms with Crippen molar-refractivity contribution in [1.82, 2.24) is 4.31 Å². The van der Waals surface area contributed by atoms with Crippen molar-refractivity contribution in [3.8, 4) is 5.75 Å². The number of amides is 1. The van der Waals surface area contributed by atoms with E-state index in [2.05, 4.69) is 5.32 Å². The maximum Gasteiger partial charge on any atom is 0.246 e. The second-order valence-electron chi connectivity index (χ2n) is 6.95. The van der Waals surface area contributed by atoms with Crippen LogP contribution in [0.15, 0.2) is 41.3 Å². The molecule has 1 atom stereocenters. The zero-order valence-electron chi connectivity index (χ0n) is 16.1. The largest absolute Gasteiger partial charge is 0.495 e. The Bertz CT molecular complexity index is 1030. The molecule has 3 rings (SSSR count). The molecule has 29 heavy (non-hydrogen) atoms. The Balaban J connectivity index is 1.79. The quantitative estimate of drug-likeness (QED) is 0.725. The molecule has 1 aliphatic rings. The molecule has 2 aromatic carbocycles. The molecule has 6 nitrogen and oxygen atoms in total. The van der Waals surface area contributed by atoms with E-state index in [0.29, 0.717) is 35.1 Å². The first-order valence-electron chi connectivity index (χ1n) is 9.13. The number of methoxy groups -OCH3 is 1. The summed E-state index contributed by atoms with van der Waals surface area (Å²) in [5, 5.41) is 3.77. The summed E-state index contributed by atoms with van der Waals surface area (Å²) >= 11 is 12.0. The molecule has 1 amide bonds. The first-order valence-corrected chi connectivity index (χ1v) is 11.3. The summed E-state index contributed by atoms with van der Waals surface area (Å²) in [6.45, 7) is 2.28. The van der Waals surface area contributed by atoms with E-state index in [9.17, 15) is 13.2 Å². The summed E-state index contributed by atoms with van der Waals surface area (Å²) < 4.78 is 32.9. The zero-order chi connectivity index (χ0) is 21.2. The number of benzene rings is 2. The second kappa shape index (κ2) is 8.92. The molecule has 1 fully saturated rings. The number of hydrogen-bond donors (Lipinski definition) is 1. The Morgan fingerprint density at radius 2 is 1.86 bits per heavy atom. The minimum Gasteiger partial charge on any atom is -0.495 e. The van der Waals surface area contributed by atoms with Crippen LogP contribution in [0.2, 0.25) is 10.0 Å². The van der Waals surface area contributed by atoms with Gasteiger partial charge in [0.05, 0.1) is 13.0 Å². The van der Waals surface area contributed by atoms with Gasteiger partial charge in [0.25, 0.3) is 0 Å². The molecular formula is C20H22Cl2N2O4S. The fourth-order valence-electron chi connectivity index (χ4n) is 3.37. The lowest BCUT2D eigenvalue weighted by atomic mass is 9.98. The monoisotopic (exact) mass is 456 g/mol. The Morgan fingerprint density at radius 3 is 2.55 bits per heavy atom. The number of piperidine rings is 1. The number of nitrogens with one attached hydrogen (secondary N) is 1. The molecule has 1 saturated heterocycles. The molecule has 0 bridgehead atoms. The topological polar surface area (TPSA) is 75.7 Å².